The van der Waals surface area contributed by atoms with E-state index in [9.17, 15) is 18.0 Å². The first-order chi connectivity index (χ1) is 12.9. The van der Waals surface area contributed by atoms with E-state index in [-0.39, 0.29) is 18.5 Å². The molecule has 6 heteroatoms. The largest absolute Gasteiger partial charge is 0.416 e. The van der Waals surface area contributed by atoms with Crippen LogP contribution in [0.1, 0.15) is 35.1 Å². The zero-order chi connectivity index (χ0) is 19.4. The van der Waals surface area contributed by atoms with E-state index < -0.39 is 11.7 Å². The molecule has 2 aromatic carbocycles. The number of rotatable bonds is 5. The van der Waals surface area contributed by atoms with Gasteiger partial charge in [0, 0.05) is 18.7 Å². The van der Waals surface area contributed by atoms with Crippen molar-refractivity contribution in [2.24, 2.45) is 0 Å². The van der Waals surface area contributed by atoms with Gasteiger partial charge < -0.3 is 4.90 Å². The highest BCUT2D eigenvalue weighted by Gasteiger charge is 2.32. The van der Waals surface area contributed by atoms with Crippen molar-refractivity contribution in [2.45, 2.75) is 31.6 Å². The van der Waals surface area contributed by atoms with Gasteiger partial charge in [-0.25, -0.2) is 0 Å². The maximum atomic E-state index is 12.7. The minimum Gasteiger partial charge on any atom is -0.332 e. The van der Waals surface area contributed by atoms with Crippen LogP contribution in [-0.4, -0.2) is 16.8 Å². The maximum absolute atomic E-state index is 12.7. The van der Waals surface area contributed by atoms with Gasteiger partial charge >= 0.3 is 6.18 Å². The minimum absolute atomic E-state index is 0.130. The highest BCUT2D eigenvalue weighted by molar-refractivity contribution is 5.92. The van der Waals surface area contributed by atoms with Crippen molar-refractivity contribution in [2.75, 3.05) is 0 Å². The van der Waals surface area contributed by atoms with Gasteiger partial charge in [0.15, 0.2) is 0 Å². The fourth-order valence-electron chi connectivity index (χ4n) is 2.70. The van der Waals surface area contributed by atoms with Crippen molar-refractivity contribution in [1.82, 2.24) is 4.90 Å². The van der Waals surface area contributed by atoms with E-state index in [1.807, 2.05) is 6.07 Å². The van der Waals surface area contributed by atoms with Crippen molar-refractivity contribution in [1.29, 1.82) is 5.26 Å². The van der Waals surface area contributed by atoms with Crippen molar-refractivity contribution in [3.8, 4) is 6.07 Å². The Kier molecular flexibility index (Phi) is 5.31. The first kappa shape index (κ1) is 18.7. The van der Waals surface area contributed by atoms with Crippen LogP contribution in [0.25, 0.3) is 6.08 Å². The van der Waals surface area contributed by atoms with Crippen LogP contribution in [0.15, 0.2) is 54.6 Å². The van der Waals surface area contributed by atoms with Crippen LogP contribution in [0.2, 0.25) is 0 Å². The highest BCUT2D eigenvalue weighted by Crippen LogP contribution is 2.31. The fraction of sp³-hybridized carbons (Fsp3) is 0.238. The summed E-state index contributed by atoms with van der Waals surface area (Å²) in [6.45, 7) is 0.277. The van der Waals surface area contributed by atoms with Gasteiger partial charge in [0.2, 0.25) is 5.91 Å². The lowest BCUT2D eigenvalue weighted by atomic mass is 10.1. The van der Waals surface area contributed by atoms with Gasteiger partial charge in [-0.3, -0.25) is 4.79 Å². The van der Waals surface area contributed by atoms with E-state index in [1.54, 1.807) is 35.2 Å². The molecule has 0 bridgehead atoms. The van der Waals surface area contributed by atoms with Crippen LogP contribution >= 0.6 is 0 Å². The lowest BCUT2D eigenvalue weighted by Crippen LogP contribution is -2.31. The predicted octanol–water partition coefficient (Wildman–Crippen LogP) is 4.78. The number of hydrogen-bond acceptors (Lipinski definition) is 2. The quantitative estimate of drug-likeness (QED) is 0.711. The first-order valence-electron chi connectivity index (χ1n) is 8.52. The Hall–Kier alpha value is -3.07. The molecule has 2 aromatic rings. The average Bonchev–Trinajstić information content (AvgIpc) is 3.49. The molecule has 3 nitrogen and oxygen atoms in total. The molecule has 0 radical (unpaired) electrons. The van der Waals surface area contributed by atoms with Crippen LogP contribution in [0.3, 0.4) is 0 Å². The molecule has 0 spiro atoms. The number of carbonyl (C=O) groups excluding carboxylic acids is 1. The van der Waals surface area contributed by atoms with Gasteiger partial charge in [-0.05, 0) is 54.3 Å². The minimum atomic E-state index is -4.37. The van der Waals surface area contributed by atoms with Crippen molar-refractivity contribution < 1.29 is 18.0 Å². The molecule has 0 unspecified atom stereocenters. The van der Waals surface area contributed by atoms with Crippen molar-refractivity contribution >= 4 is 12.0 Å². The molecule has 1 fully saturated rings. The van der Waals surface area contributed by atoms with Gasteiger partial charge in [0.1, 0.15) is 0 Å². The second-order valence-electron chi connectivity index (χ2n) is 6.46. The van der Waals surface area contributed by atoms with Gasteiger partial charge in [0.05, 0.1) is 17.2 Å². The SMILES string of the molecule is N#Cc1ccc(C=CC(=O)N(Cc2ccc(C(F)(F)F)cc2)C2CC2)cc1. The van der Waals surface area contributed by atoms with E-state index in [0.29, 0.717) is 11.1 Å². The summed E-state index contributed by atoms with van der Waals surface area (Å²) in [6.07, 6.45) is 0.567. The third kappa shape index (κ3) is 4.98. The second kappa shape index (κ2) is 7.67. The predicted molar refractivity (Wildman–Crippen MR) is 95.2 cm³/mol. The number of nitrogens with zero attached hydrogens (tertiary/aromatic N) is 2. The zero-order valence-corrected chi connectivity index (χ0v) is 14.4. The summed E-state index contributed by atoms with van der Waals surface area (Å²) >= 11 is 0. The Morgan fingerprint density at radius 2 is 1.74 bits per heavy atom. The maximum Gasteiger partial charge on any atom is 0.416 e. The van der Waals surface area contributed by atoms with Crippen LogP contribution in [0.5, 0.6) is 0 Å². The molecule has 27 heavy (non-hydrogen) atoms. The third-order valence-electron chi connectivity index (χ3n) is 4.36. The molecule has 0 heterocycles. The van der Waals surface area contributed by atoms with Crippen molar-refractivity contribution in [3.05, 3.63) is 76.9 Å². The summed E-state index contributed by atoms with van der Waals surface area (Å²) in [7, 11) is 0. The standard InChI is InChI=1S/C21H17F3N2O/c22-21(23,24)18-8-5-17(6-9-18)14-26(19-10-11-19)20(27)12-7-15-1-3-16(13-25)4-2-15/h1-9,12,19H,10-11,14H2. The molecule has 0 saturated heterocycles. The van der Waals surface area contributed by atoms with Crippen LogP contribution in [-0.2, 0) is 17.5 Å². The van der Waals surface area contributed by atoms with Gasteiger partial charge in [0.25, 0.3) is 0 Å². The Morgan fingerprint density at radius 3 is 2.26 bits per heavy atom. The number of halogens is 3. The molecular formula is C21H17F3N2O. The van der Waals surface area contributed by atoms with E-state index in [4.69, 9.17) is 5.26 Å². The monoisotopic (exact) mass is 370 g/mol. The first-order valence-corrected chi connectivity index (χ1v) is 8.52. The normalized spacial score (nSPS) is 14.1. The zero-order valence-electron chi connectivity index (χ0n) is 14.4. The summed E-state index contributed by atoms with van der Waals surface area (Å²) in [5.74, 6) is -0.179. The molecule has 0 aromatic heterocycles. The summed E-state index contributed by atoms with van der Waals surface area (Å²) in [5, 5.41) is 8.80. The number of benzene rings is 2. The summed E-state index contributed by atoms with van der Waals surface area (Å²) in [4.78, 5) is 14.2. The molecule has 1 saturated carbocycles. The summed E-state index contributed by atoms with van der Waals surface area (Å²) in [5.41, 5.74) is 1.30. The van der Waals surface area contributed by atoms with E-state index >= 15 is 0 Å². The van der Waals surface area contributed by atoms with Crippen LogP contribution in [0.4, 0.5) is 13.2 Å². The Morgan fingerprint density at radius 1 is 1.11 bits per heavy atom. The Labute approximate surface area is 155 Å². The summed E-state index contributed by atoms with van der Waals surface area (Å²) < 4.78 is 38.0. The van der Waals surface area contributed by atoms with Gasteiger partial charge in [-0.1, -0.05) is 24.3 Å². The Bertz CT molecular complexity index is 874. The molecular weight excluding hydrogens is 353 g/mol. The van der Waals surface area contributed by atoms with Crippen LogP contribution in [0, 0.1) is 11.3 Å². The molecule has 0 atom stereocenters. The molecule has 1 aliphatic rings. The molecule has 138 valence electrons. The van der Waals surface area contributed by atoms with Gasteiger partial charge in [-0.15, -0.1) is 0 Å². The van der Waals surface area contributed by atoms with E-state index in [1.165, 1.54) is 18.2 Å². The van der Waals surface area contributed by atoms with E-state index in [0.717, 1.165) is 30.5 Å². The fourth-order valence-corrected chi connectivity index (χ4v) is 2.70. The number of carbonyl (C=O) groups is 1. The number of nitriles is 1. The molecule has 3 rings (SSSR count). The topological polar surface area (TPSA) is 44.1 Å². The van der Waals surface area contributed by atoms with E-state index in [2.05, 4.69) is 0 Å². The lowest BCUT2D eigenvalue weighted by molar-refractivity contribution is -0.137. The van der Waals surface area contributed by atoms with Gasteiger partial charge in [-0.2, -0.15) is 18.4 Å². The highest BCUT2D eigenvalue weighted by atomic mass is 19.4. The average molecular weight is 370 g/mol. The number of hydrogen-bond donors (Lipinski definition) is 0. The number of alkyl halides is 3. The summed E-state index contributed by atoms with van der Waals surface area (Å²) in [6, 6.07) is 13.9. The molecule has 0 N–H and O–H groups in total. The number of amides is 1. The second-order valence-corrected chi connectivity index (χ2v) is 6.46. The van der Waals surface area contributed by atoms with Crippen LogP contribution < -0.4 is 0 Å². The lowest BCUT2D eigenvalue weighted by Gasteiger charge is -2.21. The smallest absolute Gasteiger partial charge is 0.332 e. The molecule has 1 aliphatic carbocycles. The third-order valence-corrected chi connectivity index (χ3v) is 4.36. The molecule has 0 aliphatic heterocycles. The molecule has 1 amide bonds. The van der Waals surface area contributed by atoms with Crippen molar-refractivity contribution in [3.63, 3.8) is 0 Å². The Balaban J connectivity index is 1.68.